The second-order valence-electron chi connectivity index (χ2n) is 7.36. The summed E-state index contributed by atoms with van der Waals surface area (Å²) in [5, 5.41) is 5.90. The Labute approximate surface area is 173 Å². The van der Waals surface area contributed by atoms with E-state index in [0.717, 1.165) is 54.4 Å². The number of halogens is 2. The third-order valence-corrected chi connectivity index (χ3v) is 5.35. The highest BCUT2D eigenvalue weighted by atomic mass is 19.3. The normalized spacial score (nSPS) is 15.8. The van der Waals surface area contributed by atoms with E-state index in [-0.39, 0.29) is 17.8 Å². The molecule has 1 unspecified atom stereocenters. The van der Waals surface area contributed by atoms with Gasteiger partial charge in [0.2, 0.25) is 0 Å². The lowest BCUT2D eigenvalue weighted by molar-refractivity contribution is -0.0499. The average Bonchev–Trinajstić information content (AvgIpc) is 3.14. The maximum atomic E-state index is 12.4. The summed E-state index contributed by atoms with van der Waals surface area (Å²) in [4.78, 5) is 16.7. The zero-order chi connectivity index (χ0) is 20.9. The molecule has 0 spiro atoms. The molecule has 8 heteroatoms. The number of fused-ring (bicyclic) bond motifs is 2. The summed E-state index contributed by atoms with van der Waals surface area (Å²) >= 11 is 0. The van der Waals surface area contributed by atoms with Gasteiger partial charge in [-0.2, -0.15) is 8.78 Å². The molecule has 2 aromatic carbocycles. The summed E-state index contributed by atoms with van der Waals surface area (Å²) in [6.07, 6.45) is 5.08. The van der Waals surface area contributed by atoms with Crippen LogP contribution < -0.4 is 15.4 Å². The lowest BCUT2D eigenvalue weighted by Gasteiger charge is -2.27. The third-order valence-electron chi connectivity index (χ3n) is 5.35. The Morgan fingerprint density at radius 3 is 3.00 bits per heavy atom. The molecule has 3 aromatic rings. The highest BCUT2D eigenvalue weighted by molar-refractivity contribution is 5.75. The van der Waals surface area contributed by atoms with E-state index in [1.54, 1.807) is 12.1 Å². The number of rotatable bonds is 7. The zero-order valence-electron chi connectivity index (χ0n) is 16.5. The number of hydrogen-bond acceptors (Lipinski definition) is 3. The second-order valence-corrected chi connectivity index (χ2v) is 7.36. The Kier molecular flexibility index (Phi) is 6.11. The molecule has 2 N–H and O–H groups in total. The molecule has 4 rings (SSSR count). The molecule has 158 valence electrons. The average molecular weight is 414 g/mol. The summed E-state index contributed by atoms with van der Waals surface area (Å²) in [7, 11) is 0. The summed E-state index contributed by atoms with van der Waals surface area (Å²) in [5.41, 5.74) is 3.94. The topological polar surface area (TPSA) is 68.2 Å². The van der Waals surface area contributed by atoms with Gasteiger partial charge in [0.05, 0.1) is 23.4 Å². The lowest BCUT2D eigenvalue weighted by Crippen LogP contribution is -2.39. The van der Waals surface area contributed by atoms with Crippen molar-refractivity contribution in [2.24, 2.45) is 0 Å². The molecule has 6 nitrogen and oxygen atoms in total. The van der Waals surface area contributed by atoms with Crippen LogP contribution >= 0.6 is 0 Å². The van der Waals surface area contributed by atoms with Crippen molar-refractivity contribution >= 4 is 17.1 Å². The fourth-order valence-corrected chi connectivity index (χ4v) is 3.97. The first-order valence-electron chi connectivity index (χ1n) is 10.1. The number of imidazole rings is 1. The molecule has 0 radical (unpaired) electrons. The summed E-state index contributed by atoms with van der Waals surface area (Å²) in [6.45, 7) is -1.54. The van der Waals surface area contributed by atoms with Crippen molar-refractivity contribution in [1.82, 2.24) is 20.2 Å². The SMILES string of the molecule is O=C(NCCCn1cnc2ccccc21)NC1CCCc2cc(OC(F)F)ccc21. The fourth-order valence-electron chi connectivity index (χ4n) is 3.97. The number of benzene rings is 2. The smallest absolute Gasteiger partial charge is 0.387 e. The molecule has 0 aliphatic heterocycles. The van der Waals surface area contributed by atoms with Crippen LogP contribution in [0.4, 0.5) is 13.6 Å². The van der Waals surface area contributed by atoms with Crippen LogP contribution in [0.1, 0.15) is 36.4 Å². The van der Waals surface area contributed by atoms with Gasteiger partial charge in [0.1, 0.15) is 5.75 Å². The molecule has 2 amide bonds. The Hall–Kier alpha value is -3.16. The number of amides is 2. The van der Waals surface area contributed by atoms with Gasteiger partial charge < -0.3 is 19.9 Å². The predicted octanol–water partition coefficient (Wildman–Crippen LogP) is 4.40. The molecular formula is C22H24F2N4O2. The molecule has 0 fully saturated rings. The minimum absolute atomic E-state index is 0.132. The van der Waals surface area contributed by atoms with Gasteiger partial charge in [-0.3, -0.25) is 0 Å². The maximum Gasteiger partial charge on any atom is 0.387 e. The van der Waals surface area contributed by atoms with Crippen LogP contribution in [0.2, 0.25) is 0 Å². The number of carbonyl (C=O) groups is 1. The number of hydrogen-bond donors (Lipinski definition) is 2. The van der Waals surface area contributed by atoms with Crippen LogP contribution in [0.25, 0.3) is 11.0 Å². The molecule has 30 heavy (non-hydrogen) atoms. The van der Waals surface area contributed by atoms with E-state index in [4.69, 9.17) is 0 Å². The number of aromatic nitrogens is 2. The maximum absolute atomic E-state index is 12.4. The van der Waals surface area contributed by atoms with Gasteiger partial charge in [-0.1, -0.05) is 18.2 Å². The molecule has 1 aliphatic carbocycles. The fraction of sp³-hybridized carbons (Fsp3) is 0.364. The first-order valence-corrected chi connectivity index (χ1v) is 10.1. The van der Waals surface area contributed by atoms with E-state index in [1.165, 1.54) is 6.07 Å². The van der Waals surface area contributed by atoms with Gasteiger partial charge in [-0.25, -0.2) is 9.78 Å². The lowest BCUT2D eigenvalue weighted by atomic mass is 9.87. The van der Waals surface area contributed by atoms with Gasteiger partial charge in [0, 0.05) is 13.1 Å². The molecule has 1 atom stereocenters. The molecule has 1 heterocycles. The Balaban J connectivity index is 1.27. The summed E-state index contributed by atoms with van der Waals surface area (Å²) < 4.78 is 31.4. The number of para-hydroxylation sites is 2. The Morgan fingerprint density at radius 1 is 1.27 bits per heavy atom. The van der Waals surface area contributed by atoms with Gasteiger partial charge in [-0.15, -0.1) is 0 Å². The van der Waals surface area contributed by atoms with Crippen molar-refractivity contribution in [3.63, 3.8) is 0 Å². The van der Waals surface area contributed by atoms with Crippen LogP contribution in [0, 0.1) is 0 Å². The monoisotopic (exact) mass is 414 g/mol. The van der Waals surface area contributed by atoms with Crippen LogP contribution in [0.15, 0.2) is 48.8 Å². The Bertz CT molecular complexity index is 1020. The van der Waals surface area contributed by atoms with Crippen LogP contribution in [-0.2, 0) is 13.0 Å². The van der Waals surface area contributed by atoms with Crippen molar-refractivity contribution in [1.29, 1.82) is 0 Å². The number of carbonyl (C=O) groups excluding carboxylic acids is 1. The van der Waals surface area contributed by atoms with E-state index in [0.29, 0.717) is 6.54 Å². The third kappa shape index (κ3) is 4.69. The number of aryl methyl sites for hydroxylation is 2. The van der Waals surface area contributed by atoms with Gasteiger partial charge >= 0.3 is 12.6 Å². The minimum atomic E-state index is -2.84. The highest BCUT2D eigenvalue weighted by Gasteiger charge is 2.22. The highest BCUT2D eigenvalue weighted by Crippen LogP contribution is 2.32. The van der Waals surface area contributed by atoms with Crippen LogP contribution in [0.5, 0.6) is 5.75 Å². The second kappa shape index (κ2) is 9.11. The van der Waals surface area contributed by atoms with Crippen molar-refractivity contribution in [3.8, 4) is 5.75 Å². The van der Waals surface area contributed by atoms with E-state index < -0.39 is 6.61 Å². The molecule has 0 saturated heterocycles. The molecule has 0 saturated carbocycles. The largest absolute Gasteiger partial charge is 0.435 e. The number of nitrogens with one attached hydrogen (secondary N) is 2. The summed E-state index contributed by atoms with van der Waals surface area (Å²) in [6, 6.07) is 12.5. The number of nitrogens with zero attached hydrogens (tertiary/aromatic N) is 2. The number of urea groups is 1. The van der Waals surface area contributed by atoms with E-state index in [9.17, 15) is 13.6 Å². The van der Waals surface area contributed by atoms with Crippen molar-refractivity contribution in [2.75, 3.05) is 6.54 Å². The predicted molar refractivity (Wildman–Crippen MR) is 110 cm³/mol. The van der Waals surface area contributed by atoms with E-state index in [1.807, 2.05) is 30.6 Å². The number of ether oxygens (including phenoxy) is 1. The quantitative estimate of drug-likeness (QED) is 0.563. The van der Waals surface area contributed by atoms with E-state index in [2.05, 4.69) is 24.9 Å². The Morgan fingerprint density at radius 2 is 2.13 bits per heavy atom. The first-order chi connectivity index (χ1) is 14.6. The van der Waals surface area contributed by atoms with Gasteiger partial charge in [0.25, 0.3) is 0 Å². The summed E-state index contributed by atoms with van der Waals surface area (Å²) in [5.74, 6) is 0.154. The van der Waals surface area contributed by atoms with E-state index >= 15 is 0 Å². The molecule has 1 aliphatic rings. The minimum Gasteiger partial charge on any atom is -0.435 e. The van der Waals surface area contributed by atoms with Crippen molar-refractivity contribution in [2.45, 2.75) is 44.9 Å². The van der Waals surface area contributed by atoms with Crippen molar-refractivity contribution in [3.05, 3.63) is 59.9 Å². The standard InChI is InChI=1S/C22H24F2N4O2/c23-21(24)30-16-9-10-17-15(13-16)5-3-7-18(17)27-22(29)25-11-4-12-28-14-26-19-6-1-2-8-20(19)28/h1-2,6,8-10,13-14,18,21H,3-5,7,11-12H2,(H2,25,27,29). The van der Waals surface area contributed by atoms with Crippen LogP contribution in [-0.4, -0.2) is 28.7 Å². The first kappa shape index (κ1) is 20.1. The molecular weight excluding hydrogens is 390 g/mol. The number of alkyl halides is 2. The van der Waals surface area contributed by atoms with Crippen LogP contribution in [0.3, 0.4) is 0 Å². The zero-order valence-corrected chi connectivity index (χ0v) is 16.5. The van der Waals surface area contributed by atoms with Gasteiger partial charge in [-0.05, 0) is 61.1 Å². The van der Waals surface area contributed by atoms with Gasteiger partial charge in [0.15, 0.2) is 0 Å². The molecule has 1 aromatic heterocycles. The molecule has 0 bridgehead atoms. The van der Waals surface area contributed by atoms with Crippen molar-refractivity contribution < 1.29 is 18.3 Å².